The summed E-state index contributed by atoms with van der Waals surface area (Å²) in [5, 5.41) is 0. The first-order chi connectivity index (χ1) is 8.06. The number of carbonyl (C=O) groups is 2. The van der Waals surface area contributed by atoms with Crippen LogP contribution in [0.15, 0.2) is 0 Å². The summed E-state index contributed by atoms with van der Waals surface area (Å²) in [5.41, 5.74) is 5.81. The molecule has 17 heavy (non-hydrogen) atoms. The van der Waals surface area contributed by atoms with Crippen LogP contribution in [0.2, 0.25) is 0 Å². The Morgan fingerprint density at radius 2 is 1.94 bits per heavy atom. The smallest absolute Gasteiger partial charge is 0.325 e. The lowest BCUT2D eigenvalue weighted by molar-refractivity contribution is -0.147. The van der Waals surface area contributed by atoms with Crippen LogP contribution < -0.4 is 5.73 Å². The van der Waals surface area contributed by atoms with Crippen LogP contribution in [-0.2, 0) is 14.3 Å². The quantitative estimate of drug-likeness (QED) is 0.644. The summed E-state index contributed by atoms with van der Waals surface area (Å²) in [6.07, 6.45) is 3.39. The molecule has 0 radical (unpaired) electrons. The number of hydrogen-bond donors (Lipinski definition) is 1. The van der Waals surface area contributed by atoms with Crippen molar-refractivity contribution < 1.29 is 14.3 Å². The van der Waals surface area contributed by atoms with Crippen LogP contribution in [0, 0.1) is 0 Å². The largest absolute Gasteiger partial charge is 0.468 e. The molecule has 0 bridgehead atoms. The Hall–Kier alpha value is -1.10. The number of rotatable bonds is 8. The average Bonchev–Trinajstić information content (AvgIpc) is 2.34. The molecular weight excluding hydrogens is 220 g/mol. The Labute approximate surface area is 103 Å². The van der Waals surface area contributed by atoms with Gasteiger partial charge in [0.25, 0.3) is 0 Å². The fourth-order valence-corrected chi connectivity index (χ4v) is 1.54. The minimum Gasteiger partial charge on any atom is -0.468 e. The second kappa shape index (κ2) is 8.98. The zero-order chi connectivity index (χ0) is 13.3. The van der Waals surface area contributed by atoms with Gasteiger partial charge in [0.05, 0.1) is 13.2 Å². The van der Waals surface area contributed by atoms with Gasteiger partial charge < -0.3 is 15.4 Å². The van der Waals surface area contributed by atoms with E-state index in [9.17, 15) is 9.59 Å². The van der Waals surface area contributed by atoms with E-state index in [4.69, 9.17) is 5.73 Å². The Bertz CT molecular complexity index is 244. The molecule has 0 heterocycles. The molecule has 5 nitrogen and oxygen atoms in total. The van der Waals surface area contributed by atoms with Crippen molar-refractivity contribution in [1.29, 1.82) is 0 Å². The third-order valence-electron chi connectivity index (χ3n) is 2.54. The number of ether oxygens (including phenoxy) is 1. The molecule has 0 aromatic rings. The van der Waals surface area contributed by atoms with E-state index in [0.717, 1.165) is 19.3 Å². The zero-order valence-electron chi connectivity index (χ0n) is 11.1. The normalized spacial score (nSPS) is 12.0. The summed E-state index contributed by atoms with van der Waals surface area (Å²) in [7, 11) is 1.31. The molecule has 0 unspecified atom stereocenters. The third kappa shape index (κ3) is 6.26. The Kier molecular flexibility index (Phi) is 8.40. The van der Waals surface area contributed by atoms with Gasteiger partial charge in [-0.3, -0.25) is 9.59 Å². The number of hydrogen-bond acceptors (Lipinski definition) is 4. The molecule has 0 aliphatic rings. The number of methoxy groups -OCH3 is 1. The van der Waals surface area contributed by atoms with Crippen LogP contribution in [0.25, 0.3) is 0 Å². The maximum Gasteiger partial charge on any atom is 0.325 e. The van der Waals surface area contributed by atoms with Crippen molar-refractivity contribution in [2.45, 2.75) is 45.6 Å². The van der Waals surface area contributed by atoms with Gasteiger partial charge in [0.2, 0.25) is 5.91 Å². The van der Waals surface area contributed by atoms with Crippen molar-refractivity contribution in [2.24, 2.45) is 5.73 Å². The molecule has 0 saturated carbocycles. The highest BCUT2D eigenvalue weighted by Crippen LogP contribution is 2.04. The number of carbonyl (C=O) groups excluding carboxylic acids is 2. The van der Waals surface area contributed by atoms with Gasteiger partial charge in [-0.25, -0.2) is 0 Å². The highest BCUT2D eigenvalue weighted by Gasteiger charge is 2.22. The van der Waals surface area contributed by atoms with Crippen LogP contribution in [0.3, 0.4) is 0 Å². The lowest BCUT2D eigenvalue weighted by Crippen LogP contribution is -2.46. The van der Waals surface area contributed by atoms with E-state index in [2.05, 4.69) is 11.7 Å². The van der Waals surface area contributed by atoms with E-state index in [-0.39, 0.29) is 12.5 Å². The van der Waals surface area contributed by atoms with Crippen LogP contribution >= 0.6 is 0 Å². The zero-order valence-corrected chi connectivity index (χ0v) is 11.1. The predicted octanol–water partition coefficient (Wildman–Crippen LogP) is 0.915. The summed E-state index contributed by atoms with van der Waals surface area (Å²) in [5.74, 6) is -0.569. The highest BCUT2D eigenvalue weighted by atomic mass is 16.5. The topological polar surface area (TPSA) is 72.6 Å². The lowest BCUT2D eigenvalue weighted by atomic mass is 10.1. The molecule has 0 aromatic carbocycles. The number of amides is 1. The molecular formula is C12H24N2O3. The van der Waals surface area contributed by atoms with Crippen molar-refractivity contribution in [1.82, 2.24) is 4.90 Å². The van der Waals surface area contributed by atoms with E-state index < -0.39 is 12.0 Å². The molecule has 100 valence electrons. The van der Waals surface area contributed by atoms with Crippen LogP contribution in [0.1, 0.15) is 39.5 Å². The van der Waals surface area contributed by atoms with Crippen molar-refractivity contribution in [3.8, 4) is 0 Å². The molecule has 0 spiro atoms. The van der Waals surface area contributed by atoms with Crippen LogP contribution in [0.4, 0.5) is 0 Å². The summed E-state index contributed by atoms with van der Waals surface area (Å²) < 4.78 is 4.56. The number of nitrogens with two attached hydrogens (primary N) is 1. The van der Waals surface area contributed by atoms with Crippen molar-refractivity contribution in [3.05, 3.63) is 0 Å². The fraction of sp³-hybridized carbons (Fsp3) is 0.833. The highest BCUT2D eigenvalue weighted by molar-refractivity contribution is 5.85. The standard InChI is InChI=1S/C12H24N2O3/c1-4-6-7-10(13)12(16)14(8-5-2)9-11(15)17-3/h10H,4-9,13H2,1-3H3/t10-/m0/s1. The van der Waals surface area contributed by atoms with Crippen LogP contribution in [0.5, 0.6) is 0 Å². The van der Waals surface area contributed by atoms with Gasteiger partial charge in [-0.05, 0) is 12.8 Å². The Morgan fingerprint density at radius 1 is 1.29 bits per heavy atom. The van der Waals surface area contributed by atoms with Gasteiger partial charge in [0, 0.05) is 6.54 Å². The summed E-state index contributed by atoms with van der Waals surface area (Å²) in [6, 6.07) is -0.508. The lowest BCUT2D eigenvalue weighted by Gasteiger charge is -2.24. The van der Waals surface area contributed by atoms with Gasteiger partial charge in [0.1, 0.15) is 6.54 Å². The molecule has 0 rings (SSSR count). The second-order valence-electron chi connectivity index (χ2n) is 4.08. The molecule has 2 N–H and O–H groups in total. The molecule has 1 atom stereocenters. The molecule has 0 aromatic heterocycles. The maximum atomic E-state index is 12.0. The number of esters is 1. The van der Waals surface area contributed by atoms with E-state index in [1.54, 1.807) is 0 Å². The number of unbranched alkanes of at least 4 members (excludes halogenated alkanes) is 1. The first kappa shape index (κ1) is 15.9. The Balaban J connectivity index is 4.36. The van der Waals surface area contributed by atoms with Crippen molar-refractivity contribution in [3.63, 3.8) is 0 Å². The van der Waals surface area contributed by atoms with E-state index in [1.165, 1.54) is 12.0 Å². The predicted molar refractivity (Wildman–Crippen MR) is 66.4 cm³/mol. The Morgan fingerprint density at radius 3 is 2.41 bits per heavy atom. The minimum absolute atomic E-state index is 0.0109. The van der Waals surface area contributed by atoms with Gasteiger partial charge in [-0.15, -0.1) is 0 Å². The molecule has 5 heteroatoms. The monoisotopic (exact) mass is 244 g/mol. The van der Waals surface area contributed by atoms with E-state index >= 15 is 0 Å². The molecule has 0 saturated heterocycles. The first-order valence-electron chi connectivity index (χ1n) is 6.17. The molecule has 1 amide bonds. The first-order valence-corrected chi connectivity index (χ1v) is 6.17. The van der Waals surface area contributed by atoms with Gasteiger partial charge >= 0.3 is 5.97 Å². The van der Waals surface area contributed by atoms with E-state index in [0.29, 0.717) is 13.0 Å². The average molecular weight is 244 g/mol. The summed E-state index contributed by atoms with van der Waals surface area (Å²) in [6.45, 7) is 4.53. The second-order valence-corrected chi connectivity index (χ2v) is 4.08. The van der Waals surface area contributed by atoms with E-state index in [1.807, 2.05) is 6.92 Å². The summed E-state index contributed by atoms with van der Waals surface area (Å²) in [4.78, 5) is 24.6. The van der Waals surface area contributed by atoms with Gasteiger partial charge in [-0.2, -0.15) is 0 Å². The fourth-order valence-electron chi connectivity index (χ4n) is 1.54. The number of nitrogens with zero attached hydrogens (tertiary/aromatic N) is 1. The van der Waals surface area contributed by atoms with Crippen molar-refractivity contribution in [2.75, 3.05) is 20.2 Å². The maximum absolute atomic E-state index is 12.0. The minimum atomic E-state index is -0.508. The van der Waals surface area contributed by atoms with Gasteiger partial charge in [-0.1, -0.05) is 26.7 Å². The molecule has 0 aliphatic heterocycles. The SMILES string of the molecule is CCCC[C@H](N)C(=O)N(CCC)CC(=O)OC. The van der Waals surface area contributed by atoms with Crippen LogP contribution in [-0.4, -0.2) is 43.0 Å². The van der Waals surface area contributed by atoms with Gasteiger partial charge in [0.15, 0.2) is 0 Å². The van der Waals surface area contributed by atoms with Crippen molar-refractivity contribution >= 4 is 11.9 Å². The third-order valence-corrected chi connectivity index (χ3v) is 2.54. The molecule has 0 fully saturated rings. The summed E-state index contributed by atoms with van der Waals surface area (Å²) >= 11 is 0. The molecule has 0 aliphatic carbocycles.